The van der Waals surface area contributed by atoms with E-state index in [1.807, 2.05) is 11.5 Å². The lowest BCUT2D eigenvalue weighted by atomic mass is 9.84. The van der Waals surface area contributed by atoms with Crippen molar-refractivity contribution in [1.82, 2.24) is 4.98 Å². The number of benzene rings is 3. The number of aliphatic hydroxyl groups excluding tert-OH is 1. The van der Waals surface area contributed by atoms with E-state index in [0.717, 1.165) is 5.01 Å². The van der Waals surface area contributed by atoms with Crippen molar-refractivity contribution in [2.24, 2.45) is 0 Å². The molecule has 3 aromatic carbocycles. The summed E-state index contributed by atoms with van der Waals surface area (Å²) >= 11 is 3.30. The van der Waals surface area contributed by atoms with Gasteiger partial charge in [0.15, 0.2) is 0 Å². The summed E-state index contributed by atoms with van der Waals surface area (Å²) < 4.78 is -0.378. The topological polar surface area (TPSA) is 33.1 Å². The fourth-order valence-corrected chi connectivity index (χ4v) is 5.39. The molecule has 0 amide bonds. The molecule has 1 heterocycles. The molecule has 0 saturated heterocycles. The first-order valence-corrected chi connectivity index (χ1v) is 11.1. The van der Waals surface area contributed by atoms with E-state index in [9.17, 15) is 5.11 Å². The van der Waals surface area contributed by atoms with E-state index in [4.69, 9.17) is 0 Å². The van der Waals surface area contributed by atoms with E-state index in [-0.39, 0.29) is 11.4 Å². The van der Waals surface area contributed by atoms with Gasteiger partial charge in [-0.05, 0) is 28.2 Å². The summed E-state index contributed by atoms with van der Waals surface area (Å²) in [6, 6.07) is 31.8. The average Bonchev–Trinajstić information content (AvgIpc) is 3.27. The van der Waals surface area contributed by atoms with Crippen molar-refractivity contribution in [3.05, 3.63) is 129 Å². The van der Waals surface area contributed by atoms with E-state index in [2.05, 4.69) is 101 Å². The van der Waals surface area contributed by atoms with Crippen LogP contribution in [0.5, 0.6) is 0 Å². The highest BCUT2D eigenvalue weighted by Gasteiger charge is 2.36. The number of nitrogens with zero attached hydrogens (tertiary/aromatic N) is 1. The van der Waals surface area contributed by atoms with Crippen molar-refractivity contribution < 1.29 is 5.11 Å². The van der Waals surface area contributed by atoms with Crippen LogP contribution in [0.25, 0.3) is 6.08 Å². The van der Waals surface area contributed by atoms with Gasteiger partial charge in [0.1, 0.15) is 5.01 Å². The third-order valence-electron chi connectivity index (χ3n) is 4.73. The summed E-state index contributed by atoms with van der Waals surface area (Å²) in [7, 11) is 0. The van der Waals surface area contributed by atoms with Crippen LogP contribution in [0.2, 0.25) is 0 Å². The Bertz CT molecular complexity index is 963. The maximum Gasteiger partial charge on any atom is 0.116 e. The second-order valence-electron chi connectivity index (χ2n) is 6.54. The smallest absolute Gasteiger partial charge is 0.116 e. The van der Waals surface area contributed by atoms with Gasteiger partial charge in [-0.3, -0.25) is 0 Å². The first kappa shape index (κ1) is 19.6. The molecule has 144 valence electrons. The number of hydrogen-bond donors (Lipinski definition) is 1. The zero-order valence-corrected chi connectivity index (χ0v) is 17.4. The van der Waals surface area contributed by atoms with Crippen LogP contribution in [-0.4, -0.2) is 10.1 Å². The van der Waals surface area contributed by atoms with Crippen LogP contribution in [-0.2, 0) is 11.4 Å². The number of rotatable bonds is 7. The molecule has 0 atom stereocenters. The molecule has 0 aliphatic heterocycles. The van der Waals surface area contributed by atoms with Gasteiger partial charge in [0.25, 0.3) is 0 Å². The predicted octanol–water partition coefficient (Wildman–Crippen LogP) is 6.33. The van der Waals surface area contributed by atoms with E-state index in [1.54, 1.807) is 23.1 Å². The SMILES string of the molecule is OCc1csc(C=CSC(c2ccccc2)(c2ccccc2)c2ccccc2)n1. The largest absolute Gasteiger partial charge is 0.390 e. The highest BCUT2D eigenvalue weighted by atomic mass is 32.2. The molecule has 0 spiro atoms. The molecule has 0 radical (unpaired) electrons. The number of thioether (sulfide) groups is 1. The lowest BCUT2D eigenvalue weighted by Gasteiger charge is -2.34. The number of hydrogen-bond acceptors (Lipinski definition) is 4. The van der Waals surface area contributed by atoms with Gasteiger partial charge in [-0.1, -0.05) is 91.0 Å². The summed E-state index contributed by atoms with van der Waals surface area (Å²) in [4.78, 5) is 4.43. The van der Waals surface area contributed by atoms with Crippen molar-refractivity contribution in [2.75, 3.05) is 0 Å². The molecule has 4 rings (SSSR count). The predicted molar refractivity (Wildman–Crippen MR) is 124 cm³/mol. The first-order chi connectivity index (χ1) is 14.3. The summed E-state index contributed by atoms with van der Waals surface area (Å²) in [6.45, 7) is -0.0283. The van der Waals surface area contributed by atoms with Gasteiger partial charge in [0.05, 0.1) is 17.0 Å². The van der Waals surface area contributed by atoms with Gasteiger partial charge in [0, 0.05) is 5.38 Å². The Morgan fingerprint density at radius 1 is 0.793 bits per heavy atom. The molecule has 0 aliphatic rings. The van der Waals surface area contributed by atoms with Crippen LogP contribution in [0, 0.1) is 0 Å². The van der Waals surface area contributed by atoms with Crippen molar-refractivity contribution in [3.63, 3.8) is 0 Å². The van der Waals surface area contributed by atoms with Gasteiger partial charge in [-0.25, -0.2) is 4.98 Å². The van der Waals surface area contributed by atoms with E-state index >= 15 is 0 Å². The molecule has 0 unspecified atom stereocenters. The zero-order chi connectivity index (χ0) is 19.9. The molecule has 1 aromatic heterocycles. The molecule has 0 bridgehead atoms. The normalized spacial score (nSPS) is 11.8. The molecule has 1 N–H and O–H groups in total. The molecule has 0 aliphatic carbocycles. The Balaban J connectivity index is 1.83. The van der Waals surface area contributed by atoms with E-state index in [0.29, 0.717) is 5.69 Å². The first-order valence-electron chi connectivity index (χ1n) is 9.39. The van der Waals surface area contributed by atoms with E-state index in [1.165, 1.54) is 16.7 Å². The molecule has 0 fully saturated rings. The summed E-state index contributed by atoms with van der Waals surface area (Å²) in [5.74, 6) is 0. The van der Waals surface area contributed by atoms with Gasteiger partial charge in [-0.2, -0.15) is 0 Å². The van der Waals surface area contributed by atoms with Crippen molar-refractivity contribution >= 4 is 29.2 Å². The minimum absolute atomic E-state index is 0.0283. The molecule has 4 heteroatoms. The molecule has 4 aromatic rings. The molecule has 2 nitrogen and oxygen atoms in total. The highest BCUT2D eigenvalue weighted by Crippen LogP contribution is 2.49. The molecular formula is C25H21NOS2. The Morgan fingerprint density at radius 2 is 1.28 bits per heavy atom. The summed E-state index contributed by atoms with van der Waals surface area (Å²) in [6.07, 6.45) is 2.03. The Kier molecular flexibility index (Phi) is 6.25. The van der Waals surface area contributed by atoms with Crippen LogP contribution in [0.4, 0.5) is 0 Å². The number of aliphatic hydroxyl groups is 1. The van der Waals surface area contributed by atoms with Gasteiger partial charge in [-0.15, -0.1) is 23.1 Å². The average molecular weight is 416 g/mol. The van der Waals surface area contributed by atoms with Crippen molar-refractivity contribution in [3.8, 4) is 0 Å². The Labute approximate surface area is 179 Å². The minimum atomic E-state index is -0.378. The van der Waals surface area contributed by atoms with Crippen molar-refractivity contribution in [1.29, 1.82) is 0 Å². The van der Waals surface area contributed by atoms with Crippen LogP contribution in [0.3, 0.4) is 0 Å². The van der Waals surface area contributed by atoms with Crippen LogP contribution in [0.15, 0.2) is 102 Å². The summed E-state index contributed by atoms with van der Waals surface area (Å²) in [5, 5.41) is 14.2. The summed E-state index contributed by atoms with van der Waals surface area (Å²) in [5.41, 5.74) is 4.38. The van der Waals surface area contributed by atoms with Crippen molar-refractivity contribution in [2.45, 2.75) is 11.4 Å². The Morgan fingerprint density at radius 3 is 1.69 bits per heavy atom. The van der Waals surface area contributed by atoms with Gasteiger partial charge < -0.3 is 5.11 Å². The fourth-order valence-electron chi connectivity index (χ4n) is 3.39. The van der Waals surface area contributed by atoms with E-state index < -0.39 is 0 Å². The maximum absolute atomic E-state index is 9.27. The number of thiazole rings is 1. The quantitative estimate of drug-likeness (QED) is 0.358. The third-order valence-corrected chi connectivity index (χ3v) is 6.92. The van der Waals surface area contributed by atoms with Crippen LogP contribution >= 0.6 is 23.1 Å². The molecular weight excluding hydrogens is 394 g/mol. The maximum atomic E-state index is 9.27. The van der Waals surface area contributed by atoms with Gasteiger partial charge >= 0.3 is 0 Å². The zero-order valence-electron chi connectivity index (χ0n) is 15.8. The lowest BCUT2D eigenvalue weighted by Crippen LogP contribution is -2.24. The third kappa shape index (κ3) is 4.20. The standard InChI is InChI=1S/C25H21NOS2/c27-18-23-19-28-24(26-23)16-17-29-25(20-10-4-1-5-11-20,21-12-6-2-7-13-21)22-14-8-3-9-15-22/h1-17,19,27H,18H2. The Hall–Kier alpha value is -2.66. The van der Waals surface area contributed by atoms with Crippen LogP contribution < -0.4 is 0 Å². The second kappa shape index (κ2) is 9.23. The number of aromatic nitrogens is 1. The monoisotopic (exact) mass is 415 g/mol. The molecule has 0 saturated carbocycles. The highest BCUT2D eigenvalue weighted by molar-refractivity contribution is 8.03. The second-order valence-corrected chi connectivity index (χ2v) is 8.54. The minimum Gasteiger partial charge on any atom is -0.390 e. The van der Waals surface area contributed by atoms with Gasteiger partial charge in [0.2, 0.25) is 0 Å². The van der Waals surface area contributed by atoms with Crippen LogP contribution in [0.1, 0.15) is 27.4 Å². The molecule has 29 heavy (non-hydrogen) atoms. The fraction of sp³-hybridized carbons (Fsp3) is 0.0800. The lowest BCUT2D eigenvalue weighted by molar-refractivity contribution is 0.277.